The Balaban J connectivity index is 2.88. The van der Waals surface area contributed by atoms with Crippen LogP contribution in [0.1, 0.15) is 44.7 Å². The standard InChI is InChI=1S/C19H31N3O2/c1-6-19(7-2,13-20)18(24)22(8-3)12-16(23)21-17-14(4)10-9-11-15(17)5/h9-11H,6-8,12-13,20H2,1-5H3,(H,21,23). The smallest absolute Gasteiger partial charge is 0.244 e. The van der Waals surface area contributed by atoms with Crippen molar-refractivity contribution in [2.24, 2.45) is 11.1 Å². The van der Waals surface area contributed by atoms with Crippen molar-refractivity contribution < 1.29 is 9.59 Å². The van der Waals surface area contributed by atoms with Gasteiger partial charge in [0.1, 0.15) is 0 Å². The average molecular weight is 333 g/mol. The molecule has 0 fully saturated rings. The van der Waals surface area contributed by atoms with Crippen LogP contribution < -0.4 is 11.1 Å². The van der Waals surface area contributed by atoms with Gasteiger partial charge in [-0.3, -0.25) is 9.59 Å². The normalized spacial score (nSPS) is 11.2. The van der Waals surface area contributed by atoms with Gasteiger partial charge in [0.2, 0.25) is 11.8 Å². The van der Waals surface area contributed by atoms with Gasteiger partial charge in [0.25, 0.3) is 0 Å². The van der Waals surface area contributed by atoms with Crippen LogP contribution in [-0.2, 0) is 9.59 Å². The Bertz CT molecular complexity index is 551. The summed E-state index contributed by atoms with van der Waals surface area (Å²) in [6.45, 7) is 10.6. The van der Waals surface area contributed by atoms with E-state index in [0.717, 1.165) is 16.8 Å². The summed E-state index contributed by atoms with van der Waals surface area (Å²) >= 11 is 0. The molecule has 134 valence electrons. The van der Waals surface area contributed by atoms with E-state index in [1.54, 1.807) is 4.90 Å². The molecule has 0 saturated heterocycles. The molecule has 0 radical (unpaired) electrons. The second-order valence-corrected chi connectivity index (χ2v) is 6.33. The highest BCUT2D eigenvalue weighted by atomic mass is 16.2. The molecule has 0 aliphatic carbocycles. The van der Waals surface area contributed by atoms with E-state index in [-0.39, 0.29) is 18.4 Å². The first-order valence-corrected chi connectivity index (χ1v) is 8.70. The molecule has 0 aliphatic heterocycles. The molecule has 1 aromatic carbocycles. The zero-order valence-electron chi connectivity index (χ0n) is 15.6. The third-order valence-electron chi connectivity index (χ3n) is 4.95. The number of aryl methyl sites for hydroxylation is 2. The minimum Gasteiger partial charge on any atom is -0.333 e. The Morgan fingerprint density at radius 3 is 2.08 bits per heavy atom. The van der Waals surface area contributed by atoms with Crippen molar-refractivity contribution >= 4 is 17.5 Å². The molecule has 5 nitrogen and oxygen atoms in total. The molecular weight excluding hydrogens is 302 g/mol. The maximum atomic E-state index is 12.9. The predicted molar refractivity (Wildman–Crippen MR) is 98.9 cm³/mol. The SMILES string of the molecule is CCN(CC(=O)Nc1c(C)cccc1C)C(=O)C(CC)(CC)CN. The number of para-hydroxylation sites is 1. The Hall–Kier alpha value is -1.88. The van der Waals surface area contributed by atoms with Crippen LogP contribution in [0.25, 0.3) is 0 Å². The van der Waals surface area contributed by atoms with Crippen LogP contribution in [0.2, 0.25) is 0 Å². The lowest BCUT2D eigenvalue weighted by Gasteiger charge is -2.34. The molecule has 1 aromatic rings. The van der Waals surface area contributed by atoms with E-state index in [1.807, 2.05) is 52.8 Å². The van der Waals surface area contributed by atoms with E-state index in [1.165, 1.54) is 0 Å². The number of hydrogen-bond donors (Lipinski definition) is 2. The fourth-order valence-corrected chi connectivity index (χ4v) is 2.95. The lowest BCUT2D eigenvalue weighted by molar-refractivity contribution is -0.144. The van der Waals surface area contributed by atoms with Crippen molar-refractivity contribution in [2.75, 3.05) is 25.0 Å². The molecule has 2 amide bonds. The summed E-state index contributed by atoms with van der Waals surface area (Å²) in [5.74, 6) is -0.213. The van der Waals surface area contributed by atoms with Gasteiger partial charge in [-0.15, -0.1) is 0 Å². The minimum absolute atomic E-state index is 0.0332. The number of anilines is 1. The van der Waals surface area contributed by atoms with Crippen molar-refractivity contribution in [1.29, 1.82) is 0 Å². The molecule has 0 saturated carbocycles. The lowest BCUT2D eigenvalue weighted by atomic mass is 9.81. The fourth-order valence-electron chi connectivity index (χ4n) is 2.95. The first-order chi connectivity index (χ1) is 11.3. The van der Waals surface area contributed by atoms with Crippen molar-refractivity contribution in [3.63, 3.8) is 0 Å². The van der Waals surface area contributed by atoms with Gasteiger partial charge < -0.3 is 16.0 Å². The van der Waals surface area contributed by atoms with Crippen molar-refractivity contribution in [3.05, 3.63) is 29.3 Å². The van der Waals surface area contributed by atoms with Crippen LogP contribution in [0.15, 0.2) is 18.2 Å². The molecule has 3 N–H and O–H groups in total. The molecule has 0 spiro atoms. The minimum atomic E-state index is -0.575. The Labute approximate surface area is 145 Å². The molecule has 0 aliphatic rings. The number of likely N-dealkylation sites (N-methyl/N-ethyl adjacent to an activating group) is 1. The maximum absolute atomic E-state index is 12.9. The molecule has 0 aromatic heterocycles. The molecule has 0 bridgehead atoms. The first-order valence-electron chi connectivity index (χ1n) is 8.70. The number of benzene rings is 1. The van der Waals surface area contributed by atoms with Crippen LogP contribution in [-0.4, -0.2) is 36.3 Å². The summed E-state index contributed by atoms with van der Waals surface area (Å²) in [5.41, 5.74) is 8.14. The van der Waals surface area contributed by atoms with Crippen molar-refractivity contribution in [2.45, 2.75) is 47.5 Å². The maximum Gasteiger partial charge on any atom is 0.244 e. The number of nitrogens with one attached hydrogen (secondary N) is 1. The number of carbonyl (C=O) groups excluding carboxylic acids is 2. The Morgan fingerprint density at radius 1 is 1.12 bits per heavy atom. The van der Waals surface area contributed by atoms with E-state index in [9.17, 15) is 9.59 Å². The molecule has 0 heterocycles. The van der Waals surface area contributed by atoms with E-state index in [2.05, 4.69) is 5.32 Å². The Kier molecular flexibility index (Phi) is 7.42. The van der Waals surface area contributed by atoms with Crippen LogP contribution in [0.4, 0.5) is 5.69 Å². The number of rotatable bonds is 8. The molecule has 1 rings (SSSR count). The predicted octanol–water partition coefficient (Wildman–Crippen LogP) is 2.86. The summed E-state index contributed by atoms with van der Waals surface area (Å²) in [7, 11) is 0. The van der Waals surface area contributed by atoms with Crippen LogP contribution >= 0.6 is 0 Å². The summed E-state index contributed by atoms with van der Waals surface area (Å²) in [5, 5.41) is 2.94. The van der Waals surface area contributed by atoms with Crippen LogP contribution in [0.5, 0.6) is 0 Å². The van der Waals surface area contributed by atoms with Crippen LogP contribution in [0, 0.1) is 19.3 Å². The van der Waals surface area contributed by atoms with Crippen molar-refractivity contribution in [1.82, 2.24) is 4.90 Å². The summed E-state index contributed by atoms with van der Waals surface area (Å²) in [6, 6.07) is 5.87. The molecule has 5 heteroatoms. The molecule has 0 unspecified atom stereocenters. The van der Waals surface area contributed by atoms with Gasteiger partial charge in [0.15, 0.2) is 0 Å². The van der Waals surface area contributed by atoms with Gasteiger partial charge in [0.05, 0.1) is 12.0 Å². The van der Waals surface area contributed by atoms with Gasteiger partial charge in [-0.05, 0) is 44.7 Å². The van der Waals surface area contributed by atoms with Gasteiger partial charge in [0, 0.05) is 18.8 Å². The number of nitrogens with two attached hydrogens (primary N) is 1. The van der Waals surface area contributed by atoms with Gasteiger partial charge in [-0.2, -0.15) is 0 Å². The summed E-state index contributed by atoms with van der Waals surface area (Å²) < 4.78 is 0. The molecule has 24 heavy (non-hydrogen) atoms. The number of nitrogens with zero attached hydrogens (tertiary/aromatic N) is 1. The Morgan fingerprint density at radius 2 is 1.67 bits per heavy atom. The topological polar surface area (TPSA) is 75.4 Å². The highest BCUT2D eigenvalue weighted by Gasteiger charge is 2.36. The summed E-state index contributed by atoms with van der Waals surface area (Å²) in [6.07, 6.45) is 1.35. The van der Waals surface area contributed by atoms with E-state index >= 15 is 0 Å². The fraction of sp³-hybridized carbons (Fsp3) is 0.579. The quantitative estimate of drug-likeness (QED) is 0.768. The van der Waals surface area contributed by atoms with Gasteiger partial charge >= 0.3 is 0 Å². The second kappa shape index (κ2) is 8.83. The molecule has 0 atom stereocenters. The third-order valence-corrected chi connectivity index (χ3v) is 4.95. The number of hydrogen-bond acceptors (Lipinski definition) is 3. The summed E-state index contributed by atoms with van der Waals surface area (Å²) in [4.78, 5) is 26.9. The monoisotopic (exact) mass is 333 g/mol. The average Bonchev–Trinajstić information content (AvgIpc) is 2.58. The number of carbonyl (C=O) groups is 2. The lowest BCUT2D eigenvalue weighted by Crippen LogP contribution is -2.49. The molecular formula is C19H31N3O2. The highest BCUT2D eigenvalue weighted by Crippen LogP contribution is 2.28. The first kappa shape index (κ1) is 20.2. The number of amides is 2. The van der Waals surface area contributed by atoms with Gasteiger partial charge in [-0.1, -0.05) is 32.0 Å². The largest absolute Gasteiger partial charge is 0.333 e. The zero-order valence-corrected chi connectivity index (χ0v) is 15.6. The van der Waals surface area contributed by atoms with E-state index in [4.69, 9.17) is 5.73 Å². The van der Waals surface area contributed by atoms with E-state index < -0.39 is 5.41 Å². The third kappa shape index (κ3) is 4.35. The van der Waals surface area contributed by atoms with Gasteiger partial charge in [-0.25, -0.2) is 0 Å². The zero-order chi connectivity index (χ0) is 18.3. The highest BCUT2D eigenvalue weighted by molar-refractivity contribution is 5.96. The second-order valence-electron chi connectivity index (χ2n) is 6.33. The van der Waals surface area contributed by atoms with E-state index in [0.29, 0.717) is 25.9 Å². The van der Waals surface area contributed by atoms with Crippen molar-refractivity contribution in [3.8, 4) is 0 Å². The van der Waals surface area contributed by atoms with Crippen LogP contribution in [0.3, 0.4) is 0 Å².